The number of anilines is 1. The van der Waals surface area contributed by atoms with Gasteiger partial charge in [-0.25, -0.2) is 4.98 Å². The summed E-state index contributed by atoms with van der Waals surface area (Å²) in [4.78, 5) is 8.56. The molecule has 2 N–H and O–H groups in total. The molecule has 0 saturated carbocycles. The largest absolute Gasteiger partial charge is 0.469 e. The van der Waals surface area contributed by atoms with E-state index in [1.165, 1.54) is 0 Å². The highest BCUT2D eigenvalue weighted by Crippen LogP contribution is 2.18. The Bertz CT molecular complexity index is 647. The molecule has 0 aliphatic heterocycles. The topological polar surface area (TPSA) is 64.9 Å². The Morgan fingerprint density at radius 1 is 1.18 bits per heavy atom. The Balaban J connectivity index is 2.02. The molecule has 0 aromatic carbocycles. The van der Waals surface area contributed by atoms with E-state index < -0.39 is 0 Å². The third-order valence-electron chi connectivity index (χ3n) is 2.64. The maximum Gasteiger partial charge on any atom is 0.132 e. The molecule has 3 aromatic rings. The summed E-state index contributed by atoms with van der Waals surface area (Å²) in [6, 6.07) is 9.56. The first kappa shape index (κ1) is 9.84. The summed E-state index contributed by atoms with van der Waals surface area (Å²) < 4.78 is 5.30. The predicted octanol–water partition coefficient (Wildman–Crippen LogP) is 2.40. The van der Waals surface area contributed by atoms with Gasteiger partial charge in [-0.3, -0.25) is 4.98 Å². The van der Waals surface area contributed by atoms with Crippen LogP contribution in [0.4, 0.5) is 5.82 Å². The number of aromatic nitrogens is 2. The van der Waals surface area contributed by atoms with Crippen LogP contribution in [0.1, 0.15) is 11.5 Å². The molecule has 0 unspecified atom stereocenters. The van der Waals surface area contributed by atoms with Gasteiger partial charge in [0.15, 0.2) is 0 Å². The molecule has 3 rings (SSSR count). The van der Waals surface area contributed by atoms with Gasteiger partial charge in [0.25, 0.3) is 0 Å². The van der Waals surface area contributed by atoms with Crippen molar-refractivity contribution < 1.29 is 4.42 Å². The fourth-order valence-corrected chi connectivity index (χ4v) is 1.81. The van der Waals surface area contributed by atoms with E-state index in [0.717, 1.165) is 22.4 Å². The quantitative estimate of drug-likeness (QED) is 0.727. The fourth-order valence-electron chi connectivity index (χ4n) is 1.81. The van der Waals surface area contributed by atoms with Crippen molar-refractivity contribution in [2.75, 3.05) is 5.73 Å². The average Bonchev–Trinajstić information content (AvgIpc) is 2.82. The number of nitrogens with zero attached hydrogens (tertiary/aromatic N) is 2. The Labute approximate surface area is 98.1 Å². The zero-order valence-corrected chi connectivity index (χ0v) is 9.13. The SMILES string of the molecule is Nc1nccc2nc(Cc3ccco3)ccc12. The Morgan fingerprint density at radius 3 is 2.94 bits per heavy atom. The van der Waals surface area contributed by atoms with Gasteiger partial charge in [0.2, 0.25) is 0 Å². The zero-order valence-electron chi connectivity index (χ0n) is 9.13. The first-order valence-corrected chi connectivity index (χ1v) is 5.35. The fraction of sp³-hybridized carbons (Fsp3) is 0.0769. The van der Waals surface area contributed by atoms with Crippen molar-refractivity contribution in [3.8, 4) is 0 Å². The summed E-state index contributed by atoms with van der Waals surface area (Å²) in [6.45, 7) is 0. The Hall–Kier alpha value is -2.36. The lowest BCUT2D eigenvalue weighted by atomic mass is 10.2. The zero-order chi connectivity index (χ0) is 11.7. The van der Waals surface area contributed by atoms with Gasteiger partial charge in [0.05, 0.1) is 11.8 Å². The number of rotatable bonds is 2. The second-order valence-electron chi connectivity index (χ2n) is 3.82. The van der Waals surface area contributed by atoms with E-state index in [2.05, 4.69) is 9.97 Å². The van der Waals surface area contributed by atoms with Gasteiger partial charge in [0.1, 0.15) is 11.6 Å². The number of furan rings is 1. The van der Waals surface area contributed by atoms with Crippen LogP contribution in [0.25, 0.3) is 10.9 Å². The summed E-state index contributed by atoms with van der Waals surface area (Å²) in [7, 11) is 0. The van der Waals surface area contributed by atoms with E-state index in [9.17, 15) is 0 Å². The highest BCUT2D eigenvalue weighted by Gasteiger charge is 2.04. The maximum absolute atomic E-state index is 5.77. The van der Waals surface area contributed by atoms with Gasteiger partial charge < -0.3 is 10.2 Å². The molecule has 3 aromatic heterocycles. The molecule has 0 bridgehead atoms. The van der Waals surface area contributed by atoms with Gasteiger partial charge in [0, 0.05) is 23.7 Å². The molecule has 0 saturated heterocycles. The van der Waals surface area contributed by atoms with E-state index in [4.69, 9.17) is 10.2 Å². The lowest BCUT2D eigenvalue weighted by molar-refractivity contribution is 0.519. The third-order valence-corrected chi connectivity index (χ3v) is 2.64. The molecule has 4 nitrogen and oxygen atoms in total. The molecule has 0 atom stereocenters. The van der Waals surface area contributed by atoms with Crippen molar-refractivity contribution in [3.63, 3.8) is 0 Å². The van der Waals surface area contributed by atoms with E-state index >= 15 is 0 Å². The van der Waals surface area contributed by atoms with Crippen LogP contribution < -0.4 is 5.73 Å². The molecular formula is C13H11N3O. The van der Waals surface area contributed by atoms with Crippen molar-refractivity contribution in [1.82, 2.24) is 9.97 Å². The van der Waals surface area contributed by atoms with Crippen molar-refractivity contribution in [3.05, 3.63) is 54.2 Å². The van der Waals surface area contributed by atoms with Crippen LogP contribution in [-0.4, -0.2) is 9.97 Å². The van der Waals surface area contributed by atoms with Crippen molar-refractivity contribution in [1.29, 1.82) is 0 Å². The second-order valence-corrected chi connectivity index (χ2v) is 3.82. The molecule has 3 heterocycles. The lowest BCUT2D eigenvalue weighted by Crippen LogP contribution is -1.95. The molecule has 0 radical (unpaired) electrons. The number of hydrogen-bond acceptors (Lipinski definition) is 4. The van der Waals surface area contributed by atoms with E-state index in [1.54, 1.807) is 12.5 Å². The first-order valence-electron chi connectivity index (χ1n) is 5.35. The summed E-state index contributed by atoms with van der Waals surface area (Å²) in [5.41, 5.74) is 7.59. The molecule has 0 fully saturated rings. The molecule has 0 spiro atoms. The Morgan fingerprint density at radius 2 is 2.12 bits per heavy atom. The van der Waals surface area contributed by atoms with Gasteiger partial charge in [-0.15, -0.1) is 0 Å². The summed E-state index contributed by atoms with van der Waals surface area (Å²) >= 11 is 0. The molecule has 84 valence electrons. The van der Waals surface area contributed by atoms with Gasteiger partial charge in [-0.05, 0) is 30.3 Å². The van der Waals surface area contributed by atoms with Gasteiger partial charge in [-0.2, -0.15) is 0 Å². The van der Waals surface area contributed by atoms with Gasteiger partial charge >= 0.3 is 0 Å². The molecule has 17 heavy (non-hydrogen) atoms. The number of pyridine rings is 2. The van der Waals surface area contributed by atoms with Crippen LogP contribution in [0.2, 0.25) is 0 Å². The molecule has 0 aliphatic rings. The van der Waals surface area contributed by atoms with Crippen LogP contribution in [0, 0.1) is 0 Å². The van der Waals surface area contributed by atoms with Crippen molar-refractivity contribution >= 4 is 16.7 Å². The highest BCUT2D eigenvalue weighted by atomic mass is 16.3. The highest BCUT2D eigenvalue weighted by molar-refractivity contribution is 5.87. The normalized spacial score (nSPS) is 10.8. The Kier molecular flexibility index (Phi) is 2.26. The minimum absolute atomic E-state index is 0.513. The third kappa shape index (κ3) is 1.85. The minimum Gasteiger partial charge on any atom is -0.469 e. The number of nitrogen functional groups attached to an aromatic ring is 1. The smallest absolute Gasteiger partial charge is 0.132 e. The summed E-state index contributed by atoms with van der Waals surface area (Å²) in [5, 5.41) is 0.885. The van der Waals surface area contributed by atoms with E-state index in [0.29, 0.717) is 12.2 Å². The number of nitrogens with two attached hydrogens (primary N) is 1. The second kappa shape index (κ2) is 3.90. The minimum atomic E-state index is 0.513. The first-order chi connectivity index (χ1) is 8.33. The standard InChI is InChI=1S/C13H11N3O/c14-13-11-4-3-9(8-10-2-1-7-17-10)16-12(11)5-6-15-13/h1-7H,8H2,(H2,14,15). The average molecular weight is 225 g/mol. The molecule has 4 heteroatoms. The molecule has 0 amide bonds. The maximum atomic E-state index is 5.77. The van der Waals surface area contributed by atoms with Crippen LogP contribution >= 0.6 is 0 Å². The van der Waals surface area contributed by atoms with Crippen LogP contribution in [0.5, 0.6) is 0 Å². The summed E-state index contributed by atoms with van der Waals surface area (Å²) in [6.07, 6.45) is 4.02. The van der Waals surface area contributed by atoms with E-state index in [-0.39, 0.29) is 0 Å². The monoisotopic (exact) mass is 225 g/mol. The van der Waals surface area contributed by atoms with Gasteiger partial charge in [-0.1, -0.05) is 0 Å². The van der Waals surface area contributed by atoms with Crippen LogP contribution in [0.3, 0.4) is 0 Å². The van der Waals surface area contributed by atoms with Crippen LogP contribution in [-0.2, 0) is 6.42 Å². The molecule has 0 aliphatic carbocycles. The predicted molar refractivity (Wildman–Crippen MR) is 65.5 cm³/mol. The number of hydrogen-bond donors (Lipinski definition) is 1. The van der Waals surface area contributed by atoms with Crippen molar-refractivity contribution in [2.24, 2.45) is 0 Å². The van der Waals surface area contributed by atoms with Crippen molar-refractivity contribution in [2.45, 2.75) is 6.42 Å². The van der Waals surface area contributed by atoms with E-state index in [1.807, 2.05) is 30.3 Å². The number of fused-ring (bicyclic) bond motifs is 1. The lowest BCUT2D eigenvalue weighted by Gasteiger charge is -2.02. The molecular weight excluding hydrogens is 214 g/mol. The summed E-state index contributed by atoms with van der Waals surface area (Å²) in [5.74, 6) is 1.42. The van der Waals surface area contributed by atoms with Crippen LogP contribution in [0.15, 0.2) is 47.2 Å².